The summed E-state index contributed by atoms with van der Waals surface area (Å²) in [5.74, 6) is 0.719. The number of hydrogen-bond acceptors (Lipinski definition) is 6. The van der Waals surface area contributed by atoms with E-state index < -0.39 is 5.41 Å². The van der Waals surface area contributed by atoms with Crippen molar-refractivity contribution in [2.24, 2.45) is 5.41 Å². The van der Waals surface area contributed by atoms with Gasteiger partial charge in [0, 0.05) is 12.6 Å². The van der Waals surface area contributed by atoms with E-state index in [2.05, 4.69) is 15.5 Å². The monoisotopic (exact) mass is 415 g/mol. The molecule has 2 aromatic heterocycles. The Balaban J connectivity index is 1.48. The lowest BCUT2D eigenvalue weighted by atomic mass is 9.84. The molecule has 29 heavy (non-hydrogen) atoms. The highest BCUT2D eigenvalue weighted by molar-refractivity contribution is 7.98. The highest BCUT2D eigenvalue weighted by Crippen LogP contribution is 2.46. The number of hydrogen-bond donors (Lipinski definition) is 1. The van der Waals surface area contributed by atoms with E-state index in [-0.39, 0.29) is 36.7 Å². The molecule has 8 nitrogen and oxygen atoms in total. The van der Waals surface area contributed by atoms with E-state index >= 15 is 0 Å². The Kier molecular flexibility index (Phi) is 5.58. The molecule has 2 aliphatic rings. The van der Waals surface area contributed by atoms with Crippen molar-refractivity contribution in [2.75, 3.05) is 18.6 Å². The maximum absolute atomic E-state index is 12.8. The minimum atomic E-state index is -0.557. The fourth-order valence-electron chi connectivity index (χ4n) is 4.45. The summed E-state index contributed by atoms with van der Waals surface area (Å²) in [6.07, 6.45) is 8.21. The van der Waals surface area contributed by atoms with Gasteiger partial charge in [0.15, 0.2) is 11.5 Å². The van der Waals surface area contributed by atoms with Gasteiger partial charge >= 0.3 is 0 Å². The Hall–Kier alpha value is -2.42. The van der Waals surface area contributed by atoms with Crippen molar-refractivity contribution >= 4 is 35.1 Å². The molecule has 1 aliphatic carbocycles. The lowest BCUT2D eigenvalue weighted by molar-refractivity contribution is -0.145. The summed E-state index contributed by atoms with van der Waals surface area (Å²) in [7, 11) is 0. The first-order valence-corrected chi connectivity index (χ1v) is 11.4. The van der Waals surface area contributed by atoms with E-state index in [1.54, 1.807) is 11.8 Å². The molecule has 154 valence electrons. The molecule has 1 unspecified atom stereocenters. The molecule has 0 radical (unpaired) electrons. The van der Waals surface area contributed by atoms with Crippen molar-refractivity contribution in [1.29, 1.82) is 0 Å². The summed E-state index contributed by atoms with van der Waals surface area (Å²) in [5.41, 5.74) is 0.151. The van der Waals surface area contributed by atoms with Crippen molar-refractivity contribution in [1.82, 2.24) is 24.8 Å². The number of rotatable bonds is 7. The Morgan fingerprint density at radius 1 is 1.28 bits per heavy atom. The first-order chi connectivity index (χ1) is 14.0. The average molecular weight is 416 g/mol. The van der Waals surface area contributed by atoms with Gasteiger partial charge in [-0.25, -0.2) is 0 Å². The van der Waals surface area contributed by atoms with Crippen LogP contribution in [0.25, 0.3) is 5.65 Å². The van der Waals surface area contributed by atoms with Crippen molar-refractivity contribution in [3.8, 4) is 0 Å². The van der Waals surface area contributed by atoms with Crippen molar-refractivity contribution in [3.63, 3.8) is 0 Å². The highest BCUT2D eigenvalue weighted by atomic mass is 32.2. The van der Waals surface area contributed by atoms with Crippen LogP contribution in [0.1, 0.15) is 50.4 Å². The zero-order valence-electron chi connectivity index (χ0n) is 16.5. The topological polar surface area (TPSA) is 96.7 Å². The van der Waals surface area contributed by atoms with Gasteiger partial charge in [-0.3, -0.25) is 23.7 Å². The van der Waals surface area contributed by atoms with Gasteiger partial charge in [0.2, 0.25) is 17.7 Å². The second kappa shape index (κ2) is 8.14. The molecule has 2 fully saturated rings. The molecular formula is C20H25N5O3S. The number of nitrogens with one attached hydrogen (secondary N) is 1. The summed E-state index contributed by atoms with van der Waals surface area (Å²) in [6, 6.07) is 5.27. The number of aromatic nitrogens is 3. The number of thioether (sulfide) groups is 1. The first-order valence-electron chi connectivity index (χ1n) is 9.97. The van der Waals surface area contributed by atoms with Gasteiger partial charge in [0.05, 0.1) is 11.5 Å². The quantitative estimate of drug-likeness (QED) is 0.695. The molecule has 1 atom stereocenters. The standard InChI is InChI=1S/C20H25N5O3S/c1-29-11-7-14(18-23-22-15-6-2-5-10-24(15)18)21-16(26)13-25-17(27)12-20(19(25)28)8-3-4-9-20/h2,5-6,10,14H,3-4,7-9,11-13H2,1H3,(H,21,26). The normalized spacial score (nSPS) is 19.4. The second-order valence-electron chi connectivity index (χ2n) is 7.84. The second-order valence-corrected chi connectivity index (χ2v) is 8.82. The van der Waals surface area contributed by atoms with E-state index in [9.17, 15) is 14.4 Å². The molecule has 1 saturated carbocycles. The minimum absolute atomic E-state index is 0.177. The Labute approximate surface area is 173 Å². The third-order valence-corrected chi connectivity index (χ3v) is 6.59. The van der Waals surface area contributed by atoms with Gasteiger partial charge in [-0.1, -0.05) is 18.9 Å². The number of imide groups is 1. The van der Waals surface area contributed by atoms with Crippen LogP contribution in [0.3, 0.4) is 0 Å². The Morgan fingerprint density at radius 3 is 2.83 bits per heavy atom. The molecule has 1 spiro atoms. The molecule has 1 saturated heterocycles. The van der Waals surface area contributed by atoms with Crippen LogP contribution in [0.2, 0.25) is 0 Å². The number of pyridine rings is 1. The molecule has 4 rings (SSSR count). The van der Waals surface area contributed by atoms with Gasteiger partial charge in [-0.05, 0) is 43.4 Å². The van der Waals surface area contributed by atoms with E-state index in [1.807, 2.05) is 35.1 Å². The number of carbonyl (C=O) groups excluding carboxylic acids is 3. The third-order valence-electron chi connectivity index (χ3n) is 5.95. The van der Waals surface area contributed by atoms with Crippen molar-refractivity contribution in [2.45, 2.75) is 44.6 Å². The van der Waals surface area contributed by atoms with Gasteiger partial charge < -0.3 is 5.32 Å². The van der Waals surface area contributed by atoms with Crippen LogP contribution in [0.15, 0.2) is 24.4 Å². The molecule has 3 heterocycles. The number of nitrogens with zero attached hydrogens (tertiary/aromatic N) is 4. The van der Waals surface area contributed by atoms with Gasteiger partial charge in [0.1, 0.15) is 6.54 Å². The molecule has 0 aromatic carbocycles. The minimum Gasteiger partial charge on any atom is -0.344 e. The molecule has 3 amide bonds. The molecule has 1 aliphatic heterocycles. The van der Waals surface area contributed by atoms with Crippen LogP contribution < -0.4 is 5.32 Å². The molecular weight excluding hydrogens is 390 g/mol. The lowest BCUT2D eigenvalue weighted by Crippen LogP contribution is -2.43. The summed E-state index contributed by atoms with van der Waals surface area (Å²) in [6.45, 7) is -0.230. The fraction of sp³-hybridized carbons (Fsp3) is 0.550. The molecule has 2 aromatic rings. The summed E-state index contributed by atoms with van der Waals surface area (Å²) >= 11 is 1.68. The van der Waals surface area contributed by atoms with Crippen LogP contribution in [0, 0.1) is 5.41 Å². The first kappa shape index (κ1) is 19.9. The lowest BCUT2D eigenvalue weighted by Gasteiger charge is -2.22. The van der Waals surface area contributed by atoms with Crippen LogP contribution >= 0.6 is 11.8 Å². The predicted molar refractivity (Wildman–Crippen MR) is 109 cm³/mol. The van der Waals surface area contributed by atoms with E-state index in [0.717, 1.165) is 36.3 Å². The molecule has 1 N–H and O–H groups in total. The predicted octanol–water partition coefficient (Wildman–Crippen LogP) is 1.96. The number of amides is 3. The Morgan fingerprint density at radius 2 is 2.07 bits per heavy atom. The smallest absolute Gasteiger partial charge is 0.240 e. The van der Waals surface area contributed by atoms with E-state index in [4.69, 9.17) is 0 Å². The van der Waals surface area contributed by atoms with Crippen molar-refractivity contribution in [3.05, 3.63) is 30.2 Å². The highest BCUT2D eigenvalue weighted by Gasteiger charge is 2.52. The van der Waals surface area contributed by atoms with Gasteiger partial charge in [-0.15, -0.1) is 10.2 Å². The fourth-order valence-corrected chi connectivity index (χ4v) is 4.92. The number of carbonyl (C=O) groups is 3. The van der Waals surface area contributed by atoms with Crippen LogP contribution in [0.5, 0.6) is 0 Å². The van der Waals surface area contributed by atoms with Crippen LogP contribution in [0.4, 0.5) is 0 Å². The molecule has 0 bridgehead atoms. The SMILES string of the molecule is CSCCC(NC(=O)CN1C(=O)CC2(CCCC2)C1=O)c1nnc2ccccn12. The van der Waals surface area contributed by atoms with Gasteiger partial charge in [-0.2, -0.15) is 11.8 Å². The molecule has 9 heteroatoms. The number of likely N-dealkylation sites (tertiary alicyclic amines) is 1. The largest absolute Gasteiger partial charge is 0.344 e. The average Bonchev–Trinajstić information content (AvgIpc) is 3.41. The maximum atomic E-state index is 12.8. The number of fused-ring (bicyclic) bond motifs is 1. The van der Waals surface area contributed by atoms with Crippen LogP contribution in [-0.4, -0.2) is 55.8 Å². The van der Waals surface area contributed by atoms with E-state index in [1.165, 1.54) is 0 Å². The van der Waals surface area contributed by atoms with Crippen molar-refractivity contribution < 1.29 is 14.4 Å². The zero-order chi connectivity index (χ0) is 20.4. The Bertz CT molecular complexity index is 937. The zero-order valence-corrected chi connectivity index (χ0v) is 17.3. The summed E-state index contributed by atoms with van der Waals surface area (Å²) in [4.78, 5) is 39.2. The third kappa shape index (κ3) is 3.75. The van der Waals surface area contributed by atoms with Crippen LogP contribution in [-0.2, 0) is 14.4 Å². The van der Waals surface area contributed by atoms with Gasteiger partial charge in [0.25, 0.3) is 0 Å². The van der Waals surface area contributed by atoms with E-state index in [0.29, 0.717) is 17.9 Å². The summed E-state index contributed by atoms with van der Waals surface area (Å²) in [5, 5.41) is 11.4. The summed E-state index contributed by atoms with van der Waals surface area (Å²) < 4.78 is 1.85. The maximum Gasteiger partial charge on any atom is 0.240 e.